The van der Waals surface area contributed by atoms with Gasteiger partial charge in [-0.1, -0.05) is 26.2 Å². The van der Waals surface area contributed by atoms with Gasteiger partial charge < -0.3 is 14.8 Å². The third-order valence-electron chi connectivity index (χ3n) is 6.64. The number of aromatic nitrogens is 4. The summed E-state index contributed by atoms with van der Waals surface area (Å²) in [5.41, 5.74) is 1.01. The summed E-state index contributed by atoms with van der Waals surface area (Å²) in [7, 11) is -3.88. The molecule has 1 unspecified atom stereocenters. The molecule has 196 valence electrons. The van der Waals surface area contributed by atoms with E-state index in [9.17, 15) is 18.3 Å². The first-order valence-corrected chi connectivity index (χ1v) is 14.1. The van der Waals surface area contributed by atoms with Crippen molar-refractivity contribution in [3.05, 3.63) is 40.1 Å². The normalized spacial score (nSPS) is 17.1. The third-order valence-corrected chi connectivity index (χ3v) is 8.59. The summed E-state index contributed by atoms with van der Waals surface area (Å²) < 4.78 is 35.8. The quantitative estimate of drug-likeness (QED) is 0.395. The molecule has 1 aromatic carbocycles. The standard InChI is InChI=1S/C25H35N5O5S/c1-4-6-7-11-22-26-17(3)23-25(32)27-24(28-30(22)23)20-15-19(12-13-21(20)35-5-2)36(33,34)29-14-9-8-10-18(29)16-31/h12-13,15,18,31H,4-11,14,16H2,1-3H3,(H,27,28,32). The van der Waals surface area contributed by atoms with Gasteiger partial charge in [0.1, 0.15) is 11.6 Å². The van der Waals surface area contributed by atoms with Crippen molar-refractivity contribution in [2.75, 3.05) is 19.8 Å². The summed E-state index contributed by atoms with van der Waals surface area (Å²) in [6, 6.07) is 4.14. The van der Waals surface area contributed by atoms with Crippen molar-refractivity contribution < 1.29 is 18.3 Å². The summed E-state index contributed by atoms with van der Waals surface area (Å²) >= 11 is 0. The largest absolute Gasteiger partial charge is 0.493 e. The number of sulfonamides is 1. The van der Waals surface area contributed by atoms with Crippen molar-refractivity contribution >= 4 is 15.5 Å². The number of aliphatic hydroxyl groups is 1. The molecule has 10 nitrogen and oxygen atoms in total. The second-order valence-electron chi connectivity index (χ2n) is 9.17. The average molecular weight is 518 g/mol. The molecule has 0 saturated carbocycles. The van der Waals surface area contributed by atoms with Gasteiger partial charge in [0, 0.05) is 19.0 Å². The number of unbranched alkanes of at least 4 members (excludes halogenated alkanes) is 2. The number of aromatic amines is 1. The van der Waals surface area contributed by atoms with E-state index < -0.39 is 16.1 Å². The van der Waals surface area contributed by atoms with E-state index in [1.807, 2.05) is 6.92 Å². The van der Waals surface area contributed by atoms with Crippen LogP contribution < -0.4 is 10.3 Å². The highest BCUT2D eigenvalue weighted by molar-refractivity contribution is 7.89. The van der Waals surface area contributed by atoms with Gasteiger partial charge in [0.15, 0.2) is 11.3 Å². The van der Waals surface area contributed by atoms with Crippen LogP contribution in [-0.4, -0.2) is 63.2 Å². The fraction of sp³-hybridized carbons (Fsp3) is 0.560. The van der Waals surface area contributed by atoms with E-state index in [0.29, 0.717) is 54.3 Å². The predicted molar refractivity (Wildman–Crippen MR) is 137 cm³/mol. The molecule has 2 aromatic heterocycles. The van der Waals surface area contributed by atoms with Crippen LogP contribution in [0.5, 0.6) is 5.75 Å². The summed E-state index contributed by atoms with van der Waals surface area (Å²) in [4.78, 5) is 20.5. The maximum absolute atomic E-state index is 13.6. The maximum Gasteiger partial charge on any atom is 0.277 e. The van der Waals surface area contributed by atoms with Gasteiger partial charge in [-0.05, 0) is 51.3 Å². The van der Waals surface area contributed by atoms with Gasteiger partial charge in [-0.15, -0.1) is 5.10 Å². The molecule has 0 bridgehead atoms. The molecule has 2 N–H and O–H groups in total. The number of hydrogen-bond donors (Lipinski definition) is 2. The minimum absolute atomic E-state index is 0.0639. The summed E-state index contributed by atoms with van der Waals surface area (Å²) in [5, 5.41) is 14.5. The zero-order chi connectivity index (χ0) is 25.9. The van der Waals surface area contributed by atoms with Crippen molar-refractivity contribution in [2.45, 2.75) is 76.7 Å². The number of nitrogens with zero attached hydrogens (tertiary/aromatic N) is 4. The average Bonchev–Trinajstić information content (AvgIpc) is 3.20. The Morgan fingerprint density at radius 1 is 1.22 bits per heavy atom. The van der Waals surface area contributed by atoms with Crippen LogP contribution in [0.4, 0.5) is 0 Å². The van der Waals surface area contributed by atoms with Crippen LogP contribution >= 0.6 is 0 Å². The maximum atomic E-state index is 13.6. The SMILES string of the molecule is CCCCCc1nc(C)c2c(=O)[nH]c(-c3cc(S(=O)(=O)N4CCCCC4CO)ccc3OCC)nn12. The molecular weight excluding hydrogens is 482 g/mol. The molecule has 1 aliphatic rings. The third kappa shape index (κ3) is 5.05. The molecule has 0 amide bonds. The van der Waals surface area contributed by atoms with E-state index in [4.69, 9.17) is 4.74 Å². The molecule has 1 saturated heterocycles. The first-order valence-electron chi connectivity index (χ1n) is 12.7. The Hall–Kier alpha value is -2.76. The van der Waals surface area contributed by atoms with Crippen molar-refractivity contribution in [3.63, 3.8) is 0 Å². The van der Waals surface area contributed by atoms with Crippen LogP contribution in [-0.2, 0) is 16.4 Å². The van der Waals surface area contributed by atoms with E-state index in [-0.39, 0.29) is 22.9 Å². The smallest absolute Gasteiger partial charge is 0.277 e. The lowest BCUT2D eigenvalue weighted by Gasteiger charge is -2.33. The molecular formula is C25H35N5O5S. The van der Waals surface area contributed by atoms with Crippen LogP contribution in [0, 0.1) is 6.92 Å². The summed E-state index contributed by atoms with van der Waals surface area (Å²) in [6.45, 7) is 6.22. The summed E-state index contributed by atoms with van der Waals surface area (Å²) in [6.07, 6.45) is 5.96. The highest BCUT2D eigenvalue weighted by Crippen LogP contribution is 2.33. The van der Waals surface area contributed by atoms with E-state index in [0.717, 1.165) is 32.1 Å². The highest BCUT2D eigenvalue weighted by Gasteiger charge is 2.33. The zero-order valence-corrected chi connectivity index (χ0v) is 22.0. The fourth-order valence-corrected chi connectivity index (χ4v) is 6.51. The lowest BCUT2D eigenvalue weighted by molar-refractivity contribution is 0.155. The topological polar surface area (TPSA) is 130 Å². The lowest BCUT2D eigenvalue weighted by atomic mass is 10.1. The van der Waals surface area contributed by atoms with Crippen molar-refractivity contribution in [3.8, 4) is 17.1 Å². The number of aliphatic hydroxyl groups excluding tert-OH is 1. The molecule has 3 heterocycles. The van der Waals surface area contributed by atoms with Crippen LogP contribution in [0.15, 0.2) is 27.9 Å². The minimum atomic E-state index is -3.88. The lowest BCUT2D eigenvalue weighted by Crippen LogP contribution is -2.45. The Bertz CT molecular complexity index is 1380. The number of ether oxygens (including phenoxy) is 1. The van der Waals surface area contributed by atoms with Gasteiger partial charge in [-0.3, -0.25) is 4.79 Å². The number of piperidine rings is 1. The number of aryl methyl sites for hydroxylation is 2. The van der Waals surface area contributed by atoms with Gasteiger partial charge in [0.25, 0.3) is 5.56 Å². The monoisotopic (exact) mass is 517 g/mol. The first-order chi connectivity index (χ1) is 17.3. The Morgan fingerprint density at radius 3 is 2.75 bits per heavy atom. The van der Waals surface area contributed by atoms with Gasteiger partial charge in [-0.2, -0.15) is 4.31 Å². The Balaban J connectivity index is 1.84. The van der Waals surface area contributed by atoms with Crippen LogP contribution in [0.2, 0.25) is 0 Å². The Morgan fingerprint density at radius 2 is 2.03 bits per heavy atom. The molecule has 11 heteroatoms. The second-order valence-corrected chi connectivity index (χ2v) is 11.1. The zero-order valence-electron chi connectivity index (χ0n) is 21.2. The molecule has 4 rings (SSSR count). The molecule has 0 radical (unpaired) electrons. The van der Waals surface area contributed by atoms with Gasteiger partial charge in [0.05, 0.1) is 29.4 Å². The molecule has 36 heavy (non-hydrogen) atoms. The van der Waals surface area contributed by atoms with Crippen molar-refractivity contribution in [1.29, 1.82) is 0 Å². The van der Waals surface area contributed by atoms with Gasteiger partial charge in [-0.25, -0.2) is 17.9 Å². The molecule has 1 atom stereocenters. The number of nitrogens with one attached hydrogen (secondary N) is 1. The van der Waals surface area contributed by atoms with E-state index >= 15 is 0 Å². The van der Waals surface area contributed by atoms with E-state index in [1.165, 1.54) is 16.4 Å². The second kappa shape index (κ2) is 11.1. The Labute approximate surface area is 211 Å². The number of H-pyrrole nitrogens is 1. The van der Waals surface area contributed by atoms with Crippen LogP contribution in [0.25, 0.3) is 16.9 Å². The minimum Gasteiger partial charge on any atom is -0.493 e. The number of hydrogen-bond acceptors (Lipinski definition) is 7. The molecule has 0 aliphatic carbocycles. The molecule has 0 spiro atoms. The number of fused-ring (bicyclic) bond motifs is 1. The molecule has 3 aromatic rings. The van der Waals surface area contributed by atoms with Crippen LogP contribution in [0.3, 0.4) is 0 Å². The van der Waals surface area contributed by atoms with Crippen molar-refractivity contribution in [1.82, 2.24) is 23.9 Å². The number of benzene rings is 1. The summed E-state index contributed by atoms with van der Waals surface area (Å²) in [5.74, 6) is 1.32. The predicted octanol–water partition coefficient (Wildman–Crippen LogP) is 3.06. The first kappa shape index (κ1) is 26.3. The highest BCUT2D eigenvalue weighted by atomic mass is 32.2. The number of imidazole rings is 1. The Kier molecular flexibility index (Phi) is 8.11. The molecule has 1 fully saturated rings. The number of rotatable bonds is 10. The van der Waals surface area contributed by atoms with E-state index in [1.54, 1.807) is 17.5 Å². The van der Waals surface area contributed by atoms with E-state index in [2.05, 4.69) is 22.0 Å². The molecule has 1 aliphatic heterocycles. The van der Waals surface area contributed by atoms with Crippen LogP contribution in [0.1, 0.15) is 63.9 Å². The fourth-order valence-electron chi connectivity index (χ4n) is 4.80. The van der Waals surface area contributed by atoms with Gasteiger partial charge in [0.2, 0.25) is 10.0 Å². The van der Waals surface area contributed by atoms with Crippen molar-refractivity contribution in [2.24, 2.45) is 0 Å². The van der Waals surface area contributed by atoms with Gasteiger partial charge >= 0.3 is 0 Å².